The van der Waals surface area contributed by atoms with E-state index in [1.165, 1.54) is 6.08 Å². The molecule has 0 bridgehead atoms. The highest BCUT2D eigenvalue weighted by atomic mass is 35.5. The molecule has 0 spiro atoms. The molecule has 0 unspecified atom stereocenters. The van der Waals surface area contributed by atoms with Crippen LogP contribution in [0.4, 0.5) is 10.5 Å². The molecule has 0 atom stereocenters. The number of likely N-dealkylation sites (tertiary alicyclic amines) is 1. The second-order valence-corrected chi connectivity index (χ2v) is 9.62. The molecule has 9 heteroatoms. The van der Waals surface area contributed by atoms with Gasteiger partial charge in [0.25, 0.3) is 0 Å². The smallest absolute Gasteiger partial charge is 0.319 e. The first-order valence-corrected chi connectivity index (χ1v) is 13.0. The minimum Gasteiger partial charge on any atom is -0.497 e. The summed E-state index contributed by atoms with van der Waals surface area (Å²) in [7, 11) is 1.60. The number of hydrogen-bond donors (Lipinski definition) is 3. The number of carbonyl (C=O) groups excluding carboxylic acids is 2. The Morgan fingerprint density at radius 3 is 2.61 bits per heavy atom. The van der Waals surface area contributed by atoms with Crippen LogP contribution < -0.4 is 20.7 Å². The average molecular weight is 534 g/mol. The Labute approximate surface area is 223 Å². The van der Waals surface area contributed by atoms with Gasteiger partial charge in [0.2, 0.25) is 5.91 Å². The van der Waals surface area contributed by atoms with Gasteiger partial charge in [-0.1, -0.05) is 41.8 Å². The van der Waals surface area contributed by atoms with E-state index in [1.54, 1.807) is 31.4 Å². The van der Waals surface area contributed by atoms with Crippen LogP contribution in [0.3, 0.4) is 0 Å². The minimum atomic E-state index is -0.185. The summed E-state index contributed by atoms with van der Waals surface area (Å²) in [6.45, 7) is 3.63. The number of urea groups is 1. The van der Waals surface area contributed by atoms with Gasteiger partial charge in [-0.3, -0.25) is 4.79 Å². The predicted octanol–water partition coefficient (Wildman–Crippen LogP) is 5.59. The van der Waals surface area contributed by atoms with E-state index in [0.717, 1.165) is 57.3 Å². The van der Waals surface area contributed by atoms with E-state index < -0.39 is 0 Å². The molecular formula is C27H34Cl2N4O3. The molecule has 0 aliphatic carbocycles. The van der Waals surface area contributed by atoms with E-state index >= 15 is 0 Å². The molecule has 2 aromatic rings. The predicted molar refractivity (Wildman–Crippen MR) is 147 cm³/mol. The normalized spacial score (nSPS) is 14.5. The van der Waals surface area contributed by atoms with Crippen molar-refractivity contribution in [2.75, 3.05) is 38.6 Å². The van der Waals surface area contributed by atoms with Crippen molar-refractivity contribution in [1.29, 1.82) is 0 Å². The van der Waals surface area contributed by atoms with Crippen molar-refractivity contribution in [3.8, 4) is 5.75 Å². The van der Waals surface area contributed by atoms with Crippen LogP contribution in [0.25, 0.3) is 6.08 Å². The third-order valence-corrected chi connectivity index (χ3v) is 6.81. The molecule has 1 fully saturated rings. The fraction of sp³-hybridized carbons (Fsp3) is 0.407. The van der Waals surface area contributed by atoms with Crippen LogP contribution >= 0.6 is 23.2 Å². The van der Waals surface area contributed by atoms with E-state index in [4.69, 9.17) is 27.9 Å². The van der Waals surface area contributed by atoms with Crippen molar-refractivity contribution in [1.82, 2.24) is 15.5 Å². The van der Waals surface area contributed by atoms with Crippen LogP contribution in [-0.4, -0.2) is 56.2 Å². The van der Waals surface area contributed by atoms with Crippen LogP contribution in [0.5, 0.6) is 5.75 Å². The second kappa shape index (κ2) is 14.7. The van der Waals surface area contributed by atoms with E-state index in [0.29, 0.717) is 28.0 Å². The molecule has 194 valence electrons. The topological polar surface area (TPSA) is 82.7 Å². The number of hydrogen-bond acceptors (Lipinski definition) is 4. The first-order valence-electron chi connectivity index (χ1n) is 12.3. The first-order chi connectivity index (χ1) is 17.4. The van der Waals surface area contributed by atoms with Crippen LogP contribution in [0, 0.1) is 0 Å². The minimum absolute atomic E-state index is 0.119. The van der Waals surface area contributed by atoms with Crippen molar-refractivity contribution in [3.05, 3.63) is 64.1 Å². The number of nitrogens with zero attached hydrogens (tertiary/aromatic N) is 1. The summed E-state index contributed by atoms with van der Waals surface area (Å²) in [5.41, 5.74) is 1.54. The number of nitrogens with one attached hydrogen (secondary N) is 3. The highest BCUT2D eigenvalue weighted by molar-refractivity contribution is 6.42. The largest absolute Gasteiger partial charge is 0.497 e. The van der Waals surface area contributed by atoms with Crippen molar-refractivity contribution >= 4 is 46.9 Å². The van der Waals surface area contributed by atoms with E-state index in [9.17, 15) is 9.59 Å². The maximum Gasteiger partial charge on any atom is 0.319 e. The van der Waals surface area contributed by atoms with Crippen LogP contribution in [-0.2, 0) is 4.79 Å². The maximum absolute atomic E-state index is 12.3. The number of anilines is 1. The number of carbonyl (C=O) groups is 2. The zero-order valence-corrected chi connectivity index (χ0v) is 22.1. The monoisotopic (exact) mass is 532 g/mol. The highest BCUT2D eigenvalue weighted by Gasteiger charge is 2.20. The van der Waals surface area contributed by atoms with Gasteiger partial charge in [-0.25, -0.2) is 4.79 Å². The fourth-order valence-electron chi connectivity index (χ4n) is 4.05. The lowest BCUT2D eigenvalue weighted by Gasteiger charge is -2.32. The highest BCUT2D eigenvalue weighted by Crippen LogP contribution is 2.23. The number of benzene rings is 2. The molecule has 1 aliphatic rings. The standard InChI is InChI=1S/C27H34Cl2N4O3/c1-36-23-7-5-6-22(19-23)32-27(35)31-21-12-16-33(17-13-21)15-4-2-3-14-30-26(34)11-9-20-8-10-24(28)25(29)18-20/h5-11,18-19,21H,2-4,12-17H2,1H3,(H,30,34)(H2,31,32,35)/b11-9+. The maximum atomic E-state index is 12.3. The third-order valence-electron chi connectivity index (χ3n) is 6.07. The summed E-state index contributed by atoms with van der Waals surface area (Å²) in [4.78, 5) is 26.7. The Kier molecular flexibility index (Phi) is 11.4. The Morgan fingerprint density at radius 1 is 1.06 bits per heavy atom. The van der Waals surface area contributed by atoms with Gasteiger partial charge in [0, 0.05) is 43.5 Å². The molecule has 1 aliphatic heterocycles. The lowest BCUT2D eigenvalue weighted by atomic mass is 10.0. The zero-order chi connectivity index (χ0) is 25.8. The van der Waals surface area contributed by atoms with Crippen molar-refractivity contribution in [2.45, 2.75) is 38.1 Å². The van der Waals surface area contributed by atoms with Gasteiger partial charge in [-0.2, -0.15) is 0 Å². The van der Waals surface area contributed by atoms with Gasteiger partial charge in [-0.15, -0.1) is 0 Å². The van der Waals surface area contributed by atoms with Crippen LogP contribution in [0.15, 0.2) is 48.5 Å². The van der Waals surface area contributed by atoms with Gasteiger partial charge >= 0.3 is 6.03 Å². The van der Waals surface area contributed by atoms with Crippen LogP contribution in [0.1, 0.15) is 37.7 Å². The summed E-state index contributed by atoms with van der Waals surface area (Å²) in [5, 5.41) is 9.81. The summed E-state index contributed by atoms with van der Waals surface area (Å²) < 4.78 is 5.19. The van der Waals surface area contributed by atoms with E-state index in [-0.39, 0.29) is 18.0 Å². The van der Waals surface area contributed by atoms with Crippen molar-refractivity contribution in [3.63, 3.8) is 0 Å². The Balaban J connectivity index is 1.22. The molecular weight excluding hydrogens is 499 g/mol. The van der Waals surface area contributed by atoms with Crippen molar-refractivity contribution in [2.24, 2.45) is 0 Å². The number of halogens is 2. The molecule has 1 saturated heterocycles. The van der Waals surface area contributed by atoms with Gasteiger partial charge in [0.05, 0.1) is 17.2 Å². The quantitative estimate of drug-likeness (QED) is 0.260. The lowest BCUT2D eigenvalue weighted by molar-refractivity contribution is -0.116. The lowest BCUT2D eigenvalue weighted by Crippen LogP contribution is -2.46. The van der Waals surface area contributed by atoms with Crippen molar-refractivity contribution < 1.29 is 14.3 Å². The number of amides is 3. The molecule has 7 nitrogen and oxygen atoms in total. The molecule has 3 amide bonds. The molecule has 0 aromatic heterocycles. The second-order valence-electron chi connectivity index (χ2n) is 8.80. The van der Waals surface area contributed by atoms with Gasteiger partial charge in [0.15, 0.2) is 0 Å². The number of rotatable bonds is 11. The summed E-state index contributed by atoms with van der Waals surface area (Å²) in [5.74, 6) is 0.589. The SMILES string of the molecule is COc1cccc(NC(=O)NC2CCN(CCCCCNC(=O)/C=C/c3ccc(Cl)c(Cl)c3)CC2)c1. The Hall–Kier alpha value is -2.74. The summed E-state index contributed by atoms with van der Waals surface area (Å²) in [6, 6.07) is 12.6. The summed E-state index contributed by atoms with van der Waals surface area (Å²) >= 11 is 11.9. The number of piperidine rings is 1. The molecule has 1 heterocycles. The van der Waals surface area contributed by atoms with Gasteiger partial charge in [-0.05, 0) is 68.1 Å². The number of ether oxygens (including phenoxy) is 1. The molecule has 0 radical (unpaired) electrons. The fourth-order valence-corrected chi connectivity index (χ4v) is 4.36. The van der Waals surface area contributed by atoms with Crippen LogP contribution in [0.2, 0.25) is 10.0 Å². The van der Waals surface area contributed by atoms with E-state index in [1.807, 2.05) is 24.3 Å². The average Bonchev–Trinajstić information content (AvgIpc) is 2.87. The molecule has 2 aromatic carbocycles. The Bertz CT molecular complexity index is 1040. The number of unbranched alkanes of at least 4 members (excludes halogenated alkanes) is 2. The third kappa shape index (κ3) is 9.72. The van der Waals surface area contributed by atoms with E-state index in [2.05, 4.69) is 20.9 Å². The molecule has 3 N–H and O–H groups in total. The number of methoxy groups -OCH3 is 1. The summed E-state index contributed by atoms with van der Waals surface area (Å²) in [6.07, 6.45) is 8.18. The zero-order valence-electron chi connectivity index (χ0n) is 20.6. The molecule has 36 heavy (non-hydrogen) atoms. The first kappa shape index (κ1) is 27.8. The molecule has 3 rings (SSSR count). The van der Waals surface area contributed by atoms with Gasteiger partial charge in [0.1, 0.15) is 5.75 Å². The Morgan fingerprint density at radius 2 is 1.86 bits per heavy atom. The van der Waals surface area contributed by atoms with Gasteiger partial charge < -0.3 is 25.6 Å². The molecule has 0 saturated carbocycles.